The van der Waals surface area contributed by atoms with Gasteiger partial charge < -0.3 is 0 Å². The fraction of sp³-hybridized carbons (Fsp3) is 0.222. The van der Waals surface area contributed by atoms with Crippen LogP contribution >= 0.6 is 24.0 Å². The van der Waals surface area contributed by atoms with Gasteiger partial charge in [-0.2, -0.15) is 0 Å². The Hall–Kier alpha value is -0.530. The van der Waals surface area contributed by atoms with Crippen LogP contribution in [-0.2, 0) is 0 Å². The Labute approximate surface area is 83.1 Å². The van der Waals surface area contributed by atoms with Crippen molar-refractivity contribution in [1.29, 1.82) is 0 Å². The molecule has 0 aromatic heterocycles. The molecular weight excluding hydrogens is 195 g/mol. The zero-order valence-electron chi connectivity index (χ0n) is 6.71. The maximum Gasteiger partial charge on any atom is 0.164 e. The number of hydrogen-bond donors (Lipinski definition) is 0. The predicted octanol–water partition coefficient (Wildman–Crippen LogP) is 3.35. The molecule has 0 amide bonds. The van der Waals surface area contributed by atoms with E-state index in [1.54, 1.807) is 12.1 Å². The molecule has 66 valence electrons. The highest BCUT2D eigenvalue weighted by atomic mass is 35.5. The van der Waals surface area contributed by atoms with E-state index in [4.69, 9.17) is 11.6 Å². The van der Waals surface area contributed by atoms with Crippen molar-refractivity contribution in [2.75, 3.05) is 0 Å². The van der Waals surface area contributed by atoms with E-state index in [9.17, 15) is 4.79 Å². The molecule has 0 aliphatic carbocycles. The third kappa shape index (κ3) is 2.50. The summed E-state index contributed by atoms with van der Waals surface area (Å²) in [7, 11) is 0. The van der Waals surface area contributed by atoms with Crippen molar-refractivity contribution in [2.24, 2.45) is 0 Å². The second kappa shape index (κ2) is 5.18. The molecule has 0 bridgehead atoms. The SMILES string of the molecule is CCC(=O)c1ccccc1Cl.Cl. The summed E-state index contributed by atoms with van der Waals surface area (Å²) in [5.41, 5.74) is 0.622. The number of carbonyl (C=O) groups excluding carboxylic acids is 1. The van der Waals surface area contributed by atoms with Crippen molar-refractivity contribution in [3.05, 3.63) is 34.9 Å². The van der Waals surface area contributed by atoms with Gasteiger partial charge in [-0.25, -0.2) is 0 Å². The van der Waals surface area contributed by atoms with Crippen LogP contribution in [0.15, 0.2) is 24.3 Å². The molecule has 0 aliphatic heterocycles. The Morgan fingerprint density at radius 3 is 2.50 bits per heavy atom. The highest BCUT2D eigenvalue weighted by molar-refractivity contribution is 6.33. The molecular formula is C9H10Cl2O. The quantitative estimate of drug-likeness (QED) is 0.676. The smallest absolute Gasteiger partial charge is 0.164 e. The first-order valence-corrected chi connectivity index (χ1v) is 3.91. The summed E-state index contributed by atoms with van der Waals surface area (Å²) in [5.74, 6) is 0.0931. The lowest BCUT2D eigenvalue weighted by Crippen LogP contribution is -1.96. The van der Waals surface area contributed by atoms with Gasteiger partial charge in [0.25, 0.3) is 0 Å². The summed E-state index contributed by atoms with van der Waals surface area (Å²) < 4.78 is 0. The summed E-state index contributed by atoms with van der Waals surface area (Å²) in [5, 5.41) is 0.541. The van der Waals surface area contributed by atoms with Crippen LogP contribution in [0.4, 0.5) is 0 Å². The van der Waals surface area contributed by atoms with Crippen molar-refractivity contribution in [3.63, 3.8) is 0 Å². The third-order valence-corrected chi connectivity index (χ3v) is 1.82. The highest BCUT2D eigenvalue weighted by Gasteiger charge is 2.05. The lowest BCUT2D eigenvalue weighted by molar-refractivity contribution is 0.0988. The standard InChI is InChI=1S/C9H9ClO.ClH/c1-2-9(11)7-5-3-4-6-8(7)10;/h3-6H,2H2,1H3;1H. The zero-order chi connectivity index (χ0) is 8.27. The van der Waals surface area contributed by atoms with E-state index in [-0.39, 0.29) is 18.2 Å². The first-order valence-electron chi connectivity index (χ1n) is 3.53. The van der Waals surface area contributed by atoms with Crippen molar-refractivity contribution >= 4 is 29.8 Å². The molecule has 0 N–H and O–H groups in total. The largest absolute Gasteiger partial charge is 0.294 e. The number of rotatable bonds is 2. The van der Waals surface area contributed by atoms with Gasteiger partial charge in [-0.15, -0.1) is 12.4 Å². The van der Waals surface area contributed by atoms with Crippen LogP contribution in [0.2, 0.25) is 5.02 Å². The average Bonchev–Trinajstić information content (AvgIpc) is 2.04. The van der Waals surface area contributed by atoms with Crippen LogP contribution in [0.5, 0.6) is 0 Å². The molecule has 0 heterocycles. The second-order valence-electron chi connectivity index (χ2n) is 2.26. The Morgan fingerprint density at radius 2 is 2.00 bits per heavy atom. The molecule has 0 saturated heterocycles. The van der Waals surface area contributed by atoms with Crippen molar-refractivity contribution in [1.82, 2.24) is 0 Å². The van der Waals surface area contributed by atoms with Crippen LogP contribution in [0, 0.1) is 0 Å². The fourth-order valence-corrected chi connectivity index (χ4v) is 1.12. The molecule has 1 aromatic rings. The minimum absolute atomic E-state index is 0. The first kappa shape index (κ1) is 11.5. The summed E-state index contributed by atoms with van der Waals surface area (Å²) in [6, 6.07) is 7.10. The van der Waals surface area contributed by atoms with Crippen molar-refractivity contribution < 1.29 is 4.79 Å². The molecule has 0 aliphatic rings. The Bertz CT molecular complexity index is 271. The molecule has 0 radical (unpaired) electrons. The number of ketones is 1. The first-order chi connectivity index (χ1) is 5.25. The molecule has 0 saturated carbocycles. The molecule has 0 atom stereocenters. The maximum absolute atomic E-state index is 11.1. The van der Waals surface area contributed by atoms with Crippen LogP contribution in [0.1, 0.15) is 23.7 Å². The van der Waals surface area contributed by atoms with Gasteiger partial charge in [0.15, 0.2) is 5.78 Å². The summed E-state index contributed by atoms with van der Waals surface area (Å²) in [4.78, 5) is 11.1. The van der Waals surface area contributed by atoms with E-state index in [2.05, 4.69) is 0 Å². The molecule has 12 heavy (non-hydrogen) atoms. The molecule has 1 rings (SSSR count). The minimum atomic E-state index is 0. The molecule has 1 nitrogen and oxygen atoms in total. The lowest BCUT2D eigenvalue weighted by Gasteiger charge is -1.98. The van der Waals surface area contributed by atoms with E-state index in [0.717, 1.165) is 0 Å². The van der Waals surface area contributed by atoms with E-state index in [1.165, 1.54) is 0 Å². The van der Waals surface area contributed by atoms with Gasteiger partial charge in [0.05, 0.1) is 5.02 Å². The minimum Gasteiger partial charge on any atom is -0.294 e. The monoisotopic (exact) mass is 204 g/mol. The second-order valence-corrected chi connectivity index (χ2v) is 2.66. The van der Waals surface area contributed by atoms with Crippen LogP contribution in [-0.4, -0.2) is 5.78 Å². The topological polar surface area (TPSA) is 17.1 Å². The van der Waals surface area contributed by atoms with Crippen molar-refractivity contribution in [2.45, 2.75) is 13.3 Å². The van der Waals surface area contributed by atoms with Gasteiger partial charge in [0.1, 0.15) is 0 Å². The number of carbonyl (C=O) groups is 1. The van der Waals surface area contributed by atoms with E-state index < -0.39 is 0 Å². The van der Waals surface area contributed by atoms with Crippen LogP contribution in [0.3, 0.4) is 0 Å². The van der Waals surface area contributed by atoms with E-state index >= 15 is 0 Å². The Kier molecular flexibility index (Phi) is 4.95. The summed E-state index contributed by atoms with van der Waals surface area (Å²) in [6.07, 6.45) is 0.504. The average molecular weight is 205 g/mol. The van der Waals surface area contributed by atoms with Gasteiger partial charge in [0.2, 0.25) is 0 Å². The summed E-state index contributed by atoms with van der Waals surface area (Å²) >= 11 is 5.78. The Morgan fingerprint density at radius 1 is 1.42 bits per heavy atom. The van der Waals surface area contributed by atoms with Gasteiger partial charge in [-0.1, -0.05) is 30.7 Å². The zero-order valence-corrected chi connectivity index (χ0v) is 8.28. The van der Waals surface area contributed by atoms with Crippen molar-refractivity contribution in [3.8, 4) is 0 Å². The number of Topliss-reactive ketones (excluding diaryl/α,β-unsaturated/α-hetero) is 1. The van der Waals surface area contributed by atoms with Gasteiger partial charge >= 0.3 is 0 Å². The lowest BCUT2D eigenvalue weighted by atomic mass is 10.1. The Balaban J connectivity index is 0.00000121. The van der Waals surface area contributed by atoms with Gasteiger partial charge in [0, 0.05) is 12.0 Å². The maximum atomic E-state index is 11.1. The number of hydrogen-bond acceptors (Lipinski definition) is 1. The van der Waals surface area contributed by atoms with Gasteiger partial charge in [-0.3, -0.25) is 4.79 Å². The van der Waals surface area contributed by atoms with Crippen LogP contribution < -0.4 is 0 Å². The molecule has 0 unspecified atom stereocenters. The molecule has 3 heteroatoms. The fourth-order valence-electron chi connectivity index (χ4n) is 0.878. The molecule has 0 fully saturated rings. The predicted molar refractivity (Wildman–Crippen MR) is 53.3 cm³/mol. The highest BCUT2D eigenvalue weighted by Crippen LogP contribution is 2.16. The molecule has 0 spiro atoms. The van der Waals surface area contributed by atoms with Crippen LogP contribution in [0.25, 0.3) is 0 Å². The third-order valence-electron chi connectivity index (χ3n) is 1.50. The molecule has 1 aromatic carbocycles. The van der Waals surface area contributed by atoms with Gasteiger partial charge in [-0.05, 0) is 12.1 Å². The number of benzene rings is 1. The normalized spacial score (nSPS) is 8.83. The number of halogens is 2. The van der Waals surface area contributed by atoms with E-state index in [1.807, 2.05) is 19.1 Å². The summed E-state index contributed by atoms with van der Waals surface area (Å²) in [6.45, 7) is 1.83. The van der Waals surface area contributed by atoms with E-state index in [0.29, 0.717) is 17.0 Å².